The first kappa shape index (κ1) is 9.83. The van der Waals surface area contributed by atoms with Crippen LogP contribution in [0.2, 0.25) is 13.1 Å². The lowest BCUT2D eigenvalue weighted by Crippen LogP contribution is -2.25. The van der Waals surface area contributed by atoms with Crippen LogP contribution in [0.1, 0.15) is 31.9 Å². The second-order valence-corrected chi connectivity index (χ2v) is 5.60. The molecule has 0 saturated carbocycles. The van der Waals surface area contributed by atoms with Gasteiger partial charge in [0.2, 0.25) is 0 Å². The molecule has 0 unspecified atom stereocenters. The first-order valence-electron chi connectivity index (χ1n) is 5.62. The van der Waals surface area contributed by atoms with Crippen LogP contribution in [0, 0.1) is 0 Å². The zero-order valence-corrected chi connectivity index (χ0v) is 9.72. The van der Waals surface area contributed by atoms with Gasteiger partial charge in [0.05, 0.1) is 0 Å². The highest BCUT2D eigenvalue weighted by molar-refractivity contribution is 6.73. The lowest BCUT2D eigenvalue weighted by molar-refractivity contribution is 0.590. The van der Waals surface area contributed by atoms with E-state index in [9.17, 15) is 0 Å². The molecule has 2 rings (SSSR count). The maximum atomic E-state index is 2.42. The summed E-state index contributed by atoms with van der Waals surface area (Å²) in [5.74, 6) is 0. The fourth-order valence-corrected chi connectivity index (χ4v) is 2.28. The van der Waals surface area contributed by atoms with Crippen molar-refractivity contribution in [2.45, 2.75) is 45.8 Å². The van der Waals surface area contributed by atoms with E-state index >= 15 is 0 Å². The molecule has 1 aromatic rings. The minimum absolute atomic E-state index is 0.289. The predicted molar refractivity (Wildman–Crippen MR) is 64.9 cm³/mol. The molecule has 0 fully saturated rings. The van der Waals surface area contributed by atoms with Crippen LogP contribution in [0.4, 0.5) is 0 Å². The zero-order chi connectivity index (χ0) is 10.3. The van der Waals surface area contributed by atoms with Gasteiger partial charge in [0.15, 0.2) is 6.71 Å². The Kier molecular flexibility index (Phi) is 2.21. The third kappa shape index (κ3) is 1.60. The van der Waals surface area contributed by atoms with Crippen LogP contribution < -0.4 is 5.46 Å². The van der Waals surface area contributed by atoms with Crippen molar-refractivity contribution in [2.24, 2.45) is 0 Å². The molecular formula is C13H19B. The van der Waals surface area contributed by atoms with Crippen LogP contribution in [-0.4, -0.2) is 6.71 Å². The quantitative estimate of drug-likeness (QED) is 0.546. The van der Waals surface area contributed by atoms with E-state index < -0.39 is 0 Å². The number of aryl methyl sites for hydroxylation is 1. The minimum atomic E-state index is 0.289. The Morgan fingerprint density at radius 2 is 1.93 bits per heavy atom. The van der Waals surface area contributed by atoms with Gasteiger partial charge in [-0.2, -0.15) is 0 Å². The normalized spacial score (nSPS) is 15.9. The smallest absolute Gasteiger partial charge is 0.0817 e. The van der Waals surface area contributed by atoms with Crippen LogP contribution in [-0.2, 0) is 11.8 Å². The van der Waals surface area contributed by atoms with Gasteiger partial charge < -0.3 is 0 Å². The van der Waals surface area contributed by atoms with E-state index in [1.54, 1.807) is 11.0 Å². The molecule has 0 amide bonds. The summed E-state index contributed by atoms with van der Waals surface area (Å²) < 4.78 is 0. The summed E-state index contributed by atoms with van der Waals surface area (Å²) in [5, 5.41) is 0. The number of hydrogen-bond acceptors (Lipinski definition) is 0. The molecule has 0 aliphatic carbocycles. The van der Waals surface area contributed by atoms with Crippen LogP contribution >= 0.6 is 0 Å². The average Bonchev–Trinajstić information content (AvgIpc) is 2.46. The molecule has 74 valence electrons. The molecule has 0 atom stereocenters. The van der Waals surface area contributed by atoms with Crippen molar-refractivity contribution in [1.29, 1.82) is 0 Å². The van der Waals surface area contributed by atoms with Crippen molar-refractivity contribution in [2.75, 3.05) is 0 Å². The molecule has 0 aromatic heterocycles. The largest absolute Gasteiger partial charge is 0.173 e. The fourth-order valence-electron chi connectivity index (χ4n) is 2.28. The molecule has 1 heterocycles. The molecule has 0 N–H and O–H groups in total. The lowest BCUT2D eigenvalue weighted by Gasteiger charge is -2.20. The molecule has 0 saturated heterocycles. The van der Waals surface area contributed by atoms with Crippen molar-refractivity contribution in [3.8, 4) is 0 Å². The zero-order valence-electron chi connectivity index (χ0n) is 9.72. The van der Waals surface area contributed by atoms with Crippen molar-refractivity contribution >= 4 is 12.2 Å². The summed E-state index contributed by atoms with van der Waals surface area (Å²) in [4.78, 5) is 0. The molecule has 14 heavy (non-hydrogen) atoms. The van der Waals surface area contributed by atoms with Gasteiger partial charge in [0.25, 0.3) is 0 Å². The topological polar surface area (TPSA) is 0 Å². The fraction of sp³-hybridized carbons (Fsp3) is 0.538. The molecule has 0 radical (unpaired) electrons. The Morgan fingerprint density at radius 1 is 1.21 bits per heavy atom. The van der Waals surface area contributed by atoms with Crippen molar-refractivity contribution < 1.29 is 0 Å². The van der Waals surface area contributed by atoms with E-state index in [0.717, 1.165) is 6.71 Å². The molecule has 0 nitrogen and oxygen atoms in total. The summed E-state index contributed by atoms with van der Waals surface area (Å²) in [6, 6.07) is 7.06. The maximum absolute atomic E-state index is 2.42. The monoisotopic (exact) mass is 186 g/mol. The Hall–Kier alpha value is -0.715. The van der Waals surface area contributed by atoms with Gasteiger partial charge in [-0.05, 0) is 17.4 Å². The number of fused-ring (bicyclic) bond motifs is 1. The third-order valence-electron chi connectivity index (χ3n) is 3.39. The van der Waals surface area contributed by atoms with Crippen LogP contribution in [0.3, 0.4) is 0 Å². The van der Waals surface area contributed by atoms with Gasteiger partial charge in [0, 0.05) is 0 Å². The van der Waals surface area contributed by atoms with Gasteiger partial charge in [-0.15, -0.1) is 0 Å². The number of rotatable bonds is 0. The standard InChI is InChI=1S/C13H19B/c1-13(2,3)11-6-5-10-7-8-14(4)12(10)9-11/h5-6,9H,7-8H2,1-4H3. The Labute approximate surface area is 87.8 Å². The van der Waals surface area contributed by atoms with Crippen LogP contribution in [0.5, 0.6) is 0 Å². The third-order valence-corrected chi connectivity index (χ3v) is 3.39. The second kappa shape index (κ2) is 3.15. The molecule has 1 aromatic carbocycles. The Balaban J connectivity index is 2.45. The van der Waals surface area contributed by atoms with Crippen LogP contribution in [0.15, 0.2) is 18.2 Å². The van der Waals surface area contributed by atoms with Gasteiger partial charge in [0.1, 0.15) is 0 Å². The van der Waals surface area contributed by atoms with E-state index in [1.165, 1.54) is 18.3 Å². The SMILES string of the molecule is CB1CCc2ccc(C(C)(C)C)cc21. The van der Waals surface area contributed by atoms with E-state index in [-0.39, 0.29) is 5.41 Å². The van der Waals surface area contributed by atoms with Gasteiger partial charge >= 0.3 is 0 Å². The Bertz CT molecular complexity index is 347. The minimum Gasteiger partial charge on any atom is -0.0817 e. The van der Waals surface area contributed by atoms with Crippen molar-refractivity contribution in [3.63, 3.8) is 0 Å². The van der Waals surface area contributed by atoms with Gasteiger partial charge in [-0.3, -0.25) is 0 Å². The average molecular weight is 186 g/mol. The van der Waals surface area contributed by atoms with E-state index in [2.05, 4.69) is 45.8 Å². The van der Waals surface area contributed by atoms with E-state index in [1.807, 2.05) is 0 Å². The first-order chi connectivity index (χ1) is 6.48. The molecule has 1 aliphatic rings. The molecule has 0 bridgehead atoms. The maximum Gasteiger partial charge on any atom is 0.173 e. The summed E-state index contributed by atoms with van der Waals surface area (Å²) in [6.07, 6.45) is 2.61. The highest BCUT2D eigenvalue weighted by Crippen LogP contribution is 2.24. The van der Waals surface area contributed by atoms with Gasteiger partial charge in [-0.1, -0.05) is 63.1 Å². The summed E-state index contributed by atoms with van der Waals surface area (Å²) in [6.45, 7) is 9.97. The number of hydrogen-bond donors (Lipinski definition) is 0. The molecule has 1 aliphatic heterocycles. The van der Waals surface area contributed by atoms with E-state index in [4.69, 9.17) is 0 Å². The highest BCUT2D eigenvalue weighted by atomic mass is 14.2. The summed E-state index contributed by atoms with van der Waals surface area (Å²) in [5.41, 5.74) is 4.94. The summed E-state index contributed by atoms with van der Waals surface area (Å²) >= 11 is 0. The van der Waals surface area contributed by atoms with E-state index in [0.29, 0.717) is 0 Å². The number of benzene rings is 1. The second-order valence-electron chi connectivity index (χ2n) is 5.60. The highest BCUT2D eigenvalue weighted by Gasteiger charge is 2.23. The van der Waals surface area contributed by atoms with Crippen molar-refractivity contribution in [1.82, 2.24) is 0 Å². The van der Waals surface area contributed by atoms with Crippen molar-refractivity contribution in [3.05, 3.63) is 29.3 Å². The first-order valence-corrected chi connectivity index (χ1v) is 5.62. The van der Waals surface area contributed by atoms with Crippen LogP contribution in [0.25, 0.3) is 0 Å². The molecule has 1 heteroatoms. The van der Waals surface area contributed by atoms with Gasteiger partial charge in [-0.25, -0.2) is 0 Å². The molecular weight excluding hydrogens is 167 g/mol. The predicted octanol–water partition coefficient (Wildman–Crippen LogP) is 2.87. The summed E-state index contributed by atoms with van der Waals surface area (Å²) in [7, 11) is 0. The lowest BCUT2D eigenvalue weighted by atomic mass is 9.48. The molecule has 0 spiro atoms. The Morgan fingerprint density at radius 3 is 2.57 bits per heavy atom.